The molecular weight excluding hydrogens is 272 g/mol. The van der Waals surface area contributed by atoms with Crippen LogP contribution in [0.3, 0.4) is 0 Å². The van der Waals surface area contributed by atoms with Gasteiger partial charge in [0.2, 0.25) is 0 Å². The maximum absolute atomic E-state index is 10.7. The fraction of sp³-hybridized carbons (Fsp3) is 0.850. The van der Waals surface area contributed by atoms with Gasteiger partial charge in [-0.3, -0.25) is 0 Å². The molecule has 0 aromatic carbocycles. The van der Waals surface area contributed by atoms with E-state index >= 15 is 0 Å². The molecule has 2 nitrogen and oxygen atoms in total. The lowest BCUT2D eigenvalue weighted by atomic mass is 9.80. The summed E-state index contributed by atoms with van der Waals surface area (Å²) in [4.78, 5) is 10.7. The van der Waals surface area contributed by atoms with Crippen molar-refractivity contribution in [1.29, 1.82) is 0 Å². The van der Waals surface area contributed by atoms with Gasteiger partial charge in [-0.2, -0.15) is 0 Å². The van der Waals surface area contributed by atoms with Gasteiger partial charge in [0.25, 0.3) is 0 Å². The van der Waals surface area contributed by atoms with Gasteiger partial charge in [0, 0.05) is 6.08 Å². The minimum Gasteiger partial charge on any atom is -0.478 e. The first kappa shape index (κ1) is 21.2. The highest BCUT2D eigenvalue weighted by Gasteiger charge is 2.20. The Hall–Kier alpha value is -0.790. The van der Waals surface area contributed by atoms with Gasteiger partial charge in [-0.15, -0.1) is 0 Å². The molecule has 0 rings (SSSR count). The molecule has 1 N–H and O–H groups in total. The van der Waals surface area contributed by atoms with Crippen LogP contribution in [0.2, 0.25) is 0 Å². The van der Waals surface area contributed by atoms with E-state index in [0.29, 0.717) is 0 Å². The van der Waals surface area contributed by atoms with E-state index in [1.54, 1.807) is 0 Å². The number of hydrogen-bond acceptors (Lipinski definition) is 1. The van der Waals surface area contributed by atoms with E-state index in [9.17, 15) is 4.79 Å². The lowest BCUT2D eigenvalue weighted by Crippen LogP contribution is -2.14. The van der Waals surface area contributed by atoms with Gasteiger partial charge in [0.1, 0.15) is 0 Å². The molecule has 0 heterocycles. The van der Waals surface area contributed by atoms with E-state index in [-0.39, 0.29) is 5.41 Å². The van der Waals surface area contributed by atoms with Crippen molar-refractivity contribution in [3.8, 4) is 0 Å². The molecule has 0 atom stereocenters. The second-order valence-electron chi connectivity index (χ2n) is 7.34. The lowest BCUT2D eigenvalue weighted by molar-refractivity contribution is -0.131. The van der Waals surface area contributed by atoms with Crippen molar-refractivity contribution >= 4 is 5.97 Å². The Balaban J connectivity index is 3.55. The predicted molar refractivity (Wildman–Crippen MR) is 96.3 cm³/mol. The molecule has 0 radical (unpaired) electrons. The molecular formula is C20H38O2. The van der Waals surface area contributed by atoms with E-state index in [1.807, 2.05) is 6.92 Å². The Morgan fingerprint density at radius 3 is 1.68 bits per heavy atom. The van der Waals surface area contributed by atoms with Gasteiger partial charge >= 0.3 is 5.97 Å². The zero-order valence-corrected chi connectivity index (χ0v) is 15.4. The Bertz CT molecular complexity index is 316. The van der Waals surface area contributed by atoms with Crippen LogP contribution in [0.25, 0.3) is 0 Å². The molecule has 0 fully saturated rings. The molecule has 2 heteroatoms. The van der Waals surface area contributed by atoms with Crippen LogP contribution < -0.4 is 0 Å². The quantitative estimate of drug-likeness (QED) is 0.285. The van der Waals surface area contributed by atoms with Gasteiger partial charge in [-0.25, -0.2) is 4.79 Å². The highest BCUT2D eigenvalue weighted by molar-refractivity contribution is 5.80. The molecule has 0 aromatic heterocycles. The highest BCUT2D eigenvalue weighted by atomic mass is 16.4. The SMILES string of the molecule is CCCCCCCCCCCCCC(C)(C)C(C)=CC(=O)O. The molecule has 0 aliphatic carbocycles. The minimum absolute atomic E-state index is 0.0116. The Labute approximate surface area is 138 Å². The number of carboxylic acid groups (broad SMARTS) is 1. The predicted octanol–water partition coefficient (Wildman–Crippen LogP) is 6.74. The largest absolute Gasteiger partial charge is 0.478 e. The fourth-order valence-corrected chi connectivity index (χ4v) is 2.81. The van der Waals surface area contributed by atoms with Gasteiger partial charge in [0.05, 0.1) is 0 Å². The summed E-state index contributed by atoms with van der Waals surface area (Å²) in [6, 6.07) is 0. The van der Waals surface area contributed by atoms with Crippen molar-refractivity contribution in [3.05, 3.63) is 11.6 Å². The van der Waals surface area contributed by atoms with E-state index in [0.717, 1.165) is 12.0 Å². The van der Waals surface area contributed by atoms with Gasteiger partial charge in [0.15, 0.2) is 0 Å². The summed E-state index contributed by atoms with van der Waals surface area (Å²) in [7, 11) is 0. The van der Waals surface area contributed by atoms with Crippen molar-refractivity contribution in [2.24, 2.45) is 5.41 Å². The molecule has 0 spiro atoms. The van der Waals surface area contributed by atoms with E-state index in [1.165, 1.54) is 76.7 Å². The molecule has 130 valence electrons. The molecule has 0 saturated carbocycles. The summed E-state index contributed by atoms with van der Waals surface area (Å²) in [5.41, 5.74) is 0.990. The van der Waals surface area contributed by atoms with Gasteiger partial charge in [-0.05, 0) is 18.8 Å². The van der Waals surface area contributed by atoms with E-state index < -0.39 is 5.97 Å². The topological polar surface area (TPSA) is 37.3 Å². The van der Waals surface area contributed by atoms with Gasteiger partial charge in [-0.1, -0.05) is 97.0 Å². The smallest absolute Gasteiger partial charge is 0.328 e. The maximum atomic E-state index is 10.7. The van der Waals surface area contributed by atoms with Crippen LogP contribution in [0, 0.1) is 5.41 Å². The zero-order valence-electron chi connectivity index (χ0n) is 15.4. The first-order chi connectivity index (χ1) is 10.4. The Morgan fingerprint density at radius 2 is 1.27 bits per heavy atom. The Morgan fingerprint density at radius 1 is 0.864 bits per heavy atom. The molecule has 0 saturated heterocycles. The van der Waals surface area contributed by atoms with Crippen LogP contribution in [-0.2, 0) is 4.79 Å². The molecule has 0 aliphatic heterocycles. The standard InChI is InChI=1S/C20H38O2/c1-5-6-7-8-9-10-11-12-13-14-15-16-20(3,4)18(2)17-19(21)22/h17H,5-16H2,1-4H3,(H,21,22). The van der Waals surface area contributed by atoms with Crippen LogP contribution in [0.1, 0.15) is 105 Å². The maximum Gasteiger partial charge on any atom is 0.328 e. The first-order valence-electron chi connectivity index (χ1n) is 9.32. The third kappa shape index (κ3) is 11.8. The Kier molecular flexibility index (Phi) is 12.3. The molecule has 0 unspecified atom stereocenters. The first-order valence-corrected chi connectivity index (χ1v) is 9.32. The molecule has 0 aromatic rings. The van der Waals surface area contributed by atoms with Crippen LogP contribution in [0.15, 0.2) is 11.6 Å². The molecule has 0 bridgehead atoms. The average molecular weight is 311 g/mol. The van der Waals surface area contributed by atoms with Crippen LogP contribution in [0.4, 0.5) is 0 Å². The third-order valence-corrected chi connectivity index (χ3v) is 4.81. The van der Waals surface area contributed by atoms with E-state index in [2.05, 4.69) is 20.8 Å². The van der Waals surface area contributed by atoms with Crippen molar-refractivity contribution < 1.29 is 9.90 Å². The number of aliphatic carboxylic acids is 1. The van der Waals surface area contributed by atoms with Crippen LogP contribution in [-0.4, -0.2) is 11.1 Å². The fourth-order valence-electron chi connectivity index (χ4n) is 2.81. The second-order valence-corrected chi connectivity index (χ2v) is 7.34. The number of rotatable bonds is 14. The second kappa shape index (κ2) is 12.7. The third-order valence-electron chi connectivity index (χ3n) is 4.81. The highest BCUT2D eigenvalue weighted by Crippen LogP contribution is 2.32. The average Bonchev–Trinajstić information content (AvgIpc) is 2.44. The number of carboxylic acids is 1. The lowest BCUT2D eigenvalue weighted by Gasteiger charge is -2.25. The van der Waals surface area contributed by atoms with Gasteiger partial charge < -0.3 is 5.11 Å². The number of unbranched alkanes of at least 4 members (excludes halogenated alkanes) is 10. The van der Waals surface area contributed by atoms with Crippen LogP contribution >= 0.6 is 0 Å². The van der Waals surface area contributed by atoms with E-state index in [4.69, 9.17) is 5.11 Å². The monoisotopic (exact) mass is 310 g/mol. The molecule has 0 aliphatic rings. The minimum atomic E-state index is -0.829. The summed E-state index contributed by atoms with van der Waals surface area (Å²) < 4.78 is 0. The van der Waals surface area contributed by atoms with Crippen molar-refractivity contribution in [3.63, 3.8) is 0 Å². The summed E-state index contributed by atoms with van der Waals surface area (Å²) in [6.45, 7) is 8.50. The molecule has 0 amide bonds. The van der Waals surface area contributed by atoms with Crippen molar-refractivity contribution in [2.75, 3.05) is 0 Å². The number of allylic oxidation sites excluding steroid dienone is 1. The molecule has 22 heavy (non-hydrogen) atoms. The zero-order chi connectivity index (χ0) is 16.8. The number of carbonyl (C=O) groups is 1. The summed E-state index contributed by atoms with van der Waals surface area (Å²) in [5.74, 6) is -0.829. The van der Waals surface area contributed by atoms with Crippen LogP contribution in [0.5, 0.6) is 0 Å². The number of hydrogen-bond donors (Lipinski definition) is 1. The summed E-state index contributed by atoms with van der Waals surface area (Å²) in [6.07, 6.45) is 17.3. The van der Waals surface area contributed by atoms with Crippen molar-refractivity contribution in [1.82, 2.24) is 0 Å². The normalized spacial score (nSPS) is 12.6. The summed E-state index contributed by atoms with van der Waals surface area (Å²) >= 11 is 0. The summed E-state index contributed by atoms with van der Waals surface area (Å²) in [5, 5.41) is 8.83. The van der Waals surface area contributed by atoms with Crippen molar-refractivity contribution in [2.45, 2.75) is 105 Å².